The minimum absolute atomic E-state index is 0.202. The zero-order valence-corrected chi connectivity index (χ0v) is 35.4. The molecular weight excluding hydrogens is 831 g/mol. The number of thioether (sulfide) groups is 1. The number of hydrogen-bond acceptors (Lipinski definition) is 13. The Balaban J connectivity index is 1.69. The van der Waals surface area contributed by atoms with Crippen LogP contribution in [0.2, 0.25) is 0 Å². The fraction of sp³-hybridized carbons (Fsp3) is 0.575. The Kier molecular flexibility index (Phi) is 16.1. The van der Waals surface area contributed by atoms with E-state index in [4.69, 9.17) is 5.73 Å². The van der Waals surface area contributed by atoms with Crippen molar-refractivity contribution in [2.45, 2.75) is 100 Å². The molecule has 1 aromatic carbocycles. The largest absolute Gasteiger partial charge is 0.394 e. The van der Waals surface area contributed by atoms with Crippen LogP contribution in [-0.2, 0) is 49.7 Å². The summed E-state index contributed by atoms with van der Waals surface area (Å²) in [7, 11) is 0. The molecule has 1 saturated heterocycles. The van der Waals surface area contributed by atoms with Gasteiger partial charge in [-0.25, -0.2) is 0 Å². The van der Waals surface area contributed by atoms with Gasteiger partial charge in [0.15, 0.2) is 5.78 Å². The van der Waals surface area contributed by atoms with Crippen molar-refractivity contribution in [3.63, 3.8) is 0 Å². The first-order chi connectivity index (χ1) is 29.4. The van der Waals surface area contributed by atoms with E-state index in [1.807, 2.05) is 0 Å². The van der Waals surface area contributed by atoms with Gasteiger partial charge in [-0.05, 0) is 5.92 Å². The third-order valence-electron chi connectivity index (χ3n) is 11.5. The molecule has 8 amide bonds. The second-order valence-corrected chi connectivity index (χ2v) is 17.1. The highest BCUT2D eigenvalue weighted by molar-refractivity contribution is 7.99. The molecule has 5 rings (SSSR count). The molecule has 0 spiro atoms. The summed E-state index contributed by atoms with van der Waals surface area (Å²) >= 11 is 1.08. The number of primary amides is 1. The van der Waals surface area contributed by atoms with E-state index in [-0.39, 0.29) is 18.7 Å². The van der Waals surface area contributed by atoms with Crippen molar-refractivity contribution < 1.29 is 58.5 Å². The van der Waals surface area contributed by atoms with Crippen LogP contribution < -0.4 is 37.6 Å². The normalized spacial score (nSPS) is 28.0. The number of carbonyl (C=O) groups excluding carboxylic acids is 9. The van der Waals surface area contributed by atoms with Crippen LogP contribution >= 0.6 is 11.8 Å². The molecule has 4 heterocycles. The monoisotopic (exact) mass is 885 g/mol. The van der Waals surface area contributed by atoms with Crippen LogP contribution in [0.1, 0.15) is 46.5 Å². The number of nitrogens with zero attached hydrogens (tertiary/aromatic N) is 2. The number of nitrogens with two attached hydrogens (primary N) is 1. The van der Waals surface area contributed by atoms with Crippen molar-refractivity contribution in [3.8, 4) is 0 Å². The maximum Gasteiger partial charge on any atom is 0.246 e. The zero-order chi connectivity index (χ0) is 45.4. The number of rotatable bonds is 7. The van der Waals surface area contributed by atoms with Crippen LogP contribution in [0.4, 0.5) is 0 Å². The second kappa shape index (κ2) is 21.0. The minimum Gasteiger partial charge on any atom is -0.394 e. The lowest BCUT2D eigenvalue weighted by molar-refractivity contribution is -0.144. The molecule has 1 fully saturated rings. The summed E-state index contributed by atoms with van der Waals surface area (Å²) in [6.45, 7) is 2.18. The average Bonchev–Trinajstić information content (AvgIpc) is 3.81. The smallest absolute Gasteiger partial charge is 0.246 e. The Morgan fingerprint density at radius 3 is 2.24 bits per heavy atom. The first-order valence-corrected chi connectivity index (χ1v) is 21.4. The molecule has 0 saturated carbocycles. The van der Waals surface area contributed by atoms with Crippen LogP contribution in [-0.4, -0.2) is 152 Å². The van der Waals surface area contributed by atoms with Gasteiger partial charge in [0.25, 0.3) is 0 Å². The highest BCUT2D eigenvalue weighted by atomic mass is 32.2. The van der Waals surface area contributed by atoms with Crippen molar-refractivity contribution in [3.05, 3.63) is 30.5 Å². The van der Waals surface area contributed by atoms with Crippen LogP contribution in [0.25, 0.3) is 10.8 Å². The van der Waals surface area contributed by atoms with Gasteiger partial charge >= 0.3 is 0 Å². The number of benzene rings is 1. The Morgan fingerprint density at radius 1 is 0.887 bits per heavy atom. The van der Waals surface area contributed by atoms with Gasteiger partial charge in [-0.3, -0.25) is 43.2 Å². The third kappa shape index (κ3) is 11.5. The van der Waals surface area contributed by atoms with Crippen LogP contribution in [0.5, 0.6) is 0 Å². The molecule has 338 valence electrons. The molecule has 0 aliphatic carbocycles. The summed E-state index contributed by atoms with van der Waals surface area (Å²) in [5.74, 6) is -10.8. The van der Waals surface area contributed by atoms with Gasteiger partial charge in [-0.1, -0.05) is 51.5 Å². The molecule has 2 bridgehead atoms. The van der Waals surface area contributed by atoms with Crippen LogP contribution in [0, 0.1) is 17.8 Å². The summed E-state index contributed by atoms with van der Waals surface area (Å²) in [5.41, 5.74) is 5.52. The molecule has 10 atom stereocenters. The Labute approximate surface area is 361 Å². The molecule has 62 heavy (non-hydrogen) atoms. The maximum absolute atomic E-state index is 14.5. The highest BCUT2D eigenvalue weighted by Crippen LogP contribution is 2.32. The van der Waals surface area contributed by atoms with Crippen LogP contribution in [0.3, 0.4) is 0 Å². The lowest BCUT2D eigenvalue weighted by atomic mass is 9.87. The minimum atomic E-state index is -1.70. The summed E-state index contributed by atoms with van der Waals surface area (Å²) in [6.07, 6.45) is -2.34. The van der Waals surface area contributed by atoms with Gasteiger partial charge < -0.3 is 62.4 Å². The molecule has 3 aliphatic heterocycles. The van der Waals surface area contributed by atoms with E-state index in [1.165, 1.54) is 6.92 Å². The van der Waals surface area contributed by atoms with Gasteiger partial charge in [-0.2, -0.15) is 0 Å². The number of nitrogens with one attached hydrogen (secondary N) is 6. The molecule has 1 unspecified atom stereocenters. The van der Waals surface area contributed by atoms with Crippen molar-refractivity contribution in [2.24, 2.45) is 23.5 Å². The number of Topliss-reactive ketones (excluding diaryl/α,β-unsaturated/α-hetero) is 1. The molecule has 21 nitrogen and oxygen atoms in total. The van der Waals surface area contributed by atoms with E-state index in [0.29, 0.717) is 22.2 Å². The fourth-order valence-corrected chi connectivity index (χ4v) is 8.95. The lowest BCUT2D eigenvalue weighted by Crippen LogP contribution is -2.60. The highest BCUT2D eigenvalue weighted by Gasteiger charge is 2.44. The van der Waals surface area contributed by atoms with E-state index < -0.39 is 152 Å². The molecule has 0 radical (unpaired) electrons. The number of ketones is 1. The summed E-state index contributed by atoms with van der Waals surface area (Å²) in [6, 6.07) is -0.252. The topological polar surface area (TPSA) is 321 Å². The van der Waals surface area contributed by atoms with Gasteiger partial charge in [0, 0.05) is 54.6 Å². The Bertz CT molecular complexity index is 2060. The fourth-order valence-electron chi connectivity index (χ4n) is 7.76. The van der Waals surface area contributed by atoms with Gasteiger partial charge in [-0.15, -0.1) is 11.8 Å². The Morgan fingerprint density at radius 2 is 1.56 bits per heavy atom. The van der Waals surface area contributed by atoms with Crippen molar-refractivity contribution in [1.29, 1.82) is 0 Å². The third-order valence-corrected chi connectivity index (χ3v) is 12.8. The first-order valence-electron chi connectivity index (χ1n) is 20.5. The summed E-state index contributed by atoms with van der Waals surface area (Å²) < 4.78 is 1.67. The number of hydrogen-bond donors (Lipinski definition) is 10. The quantitative estimate of drug-likeness (QED) is 0.129. The lowest BCUT2D eigenvalue weighted by Gasteiger charge is -2.32. The van der Waals surface area contributed by atoms with Crippen LogP contribution in [0.15, 0.2) is 35.5 Å². The van der Waals surface area contributed by atoms with Gasteiger partial charge in [0.1, 0.15) is 24.2 Å². The second-order valence-electron chi connectivity index (χ2n) is 16.1. The number of amides is 8. The SMILES string of the molecule is CC[C@H](C)[C@@H]1NC(=O)CNC(=O)[C@H]2CC(=O)[C@H]([C@@H](C)[C@@H](O)CO)NC(=O)[C@@H]3C[C@@H](O)CN3C(=O)[C@H](CC(N)=O)NC(=O)C(CSc3c4ccccc4cn3C2)NC(=O)CNC1=O. The number of aromatic nitrogens is 1. The van der Waals surface area contributed by atoms with E-state index in [2.05, 4.69) is 31.9 Å². The van der Waals surface area contributed by atoms with E-state index in [9.17, 15) is 58.5 Å². The zero-order valence-electron chi connectivity index (χ0n) is 34.6. The molecular formula is C40H55N9O12S. The van der Waals surface area contributed by atoms with Crippen molar-refractivity contribution in [2.75, 3.05) is 32.0 Å². The van der Waals surface area contributed by atoms with E-state index in [0.717, 1.165) is 16.7 Å². The molecule has 3 aliphatic rings. The number of carbonyl (C=O) groups is 9. The molecule has 22 heteroatoms. The first kappa shape index (κ1) is 47.5. The van der Waals surface area contributed by atoms with Gasteiger partial charge in [0.2, 0.25) is 47.3 Å². The number of aliphatic hydroxyl groups excluding tert-OH is 3. The van der Waals surface area contributed by atoms with Gasteiger partial charge in [0.05, 0.1) is 55.3 Å². The molecule has 11 N–H and O–H groups in total. The predicted molar refractivity (Wildman–Crippen MR) is 221 cm³/mol. The van der Waals surface area contributed by atoms with E-state index >= 15 is 0 Å². The molecule has 2 aromatic rings. The van der Waals surface area contributed by atoms with E-state index in [1.54, 1.807) is 48.9 Å². The maximum atomic E-state index is 14.5. The van der Waals surface area contributed by atoms with Crippen molar-refractivity contribution in [1.82, 2.24) is 41.4 Å². The summed E-state index contributed by atoms with van der Waals surface area (Å²) in [5, 5.41) is 48.4. The standard InChI is InChI=1S/C40H55N9O12S/c1-4-19(2)33-38(60)43-12-31(55)44-26-18-62-40-24-8-6-5-7-21(24)14-48(40)15-22(35(57)42-13-32(56)46-33)9-28(52)34(20(3)29(53)17-50)47-37(59)27-10-23(51)16-49(27)39(61)25(11-30(41)54)45-36(26)58/h5-8,14,19-20,22-23,25-27,29,33-34,50-51,53H,4,9-13,15-18H2,1-3H3,(H2,41,54)(H,42,57)(H,43,60)(H,44,55)(H,45,58)(H,46,56)(H,47,59)/t19-,20-,22-,23+,25-,26?,27-,29-,33-,34-/m0/s1. The predicted octanol–water partition coefficient (Wildman–Crippen LogP) is -3.62. The average molecular weight is 886 g/mol. The number of aliphatic hydroxyl groups is 3. The molecule has 1 aromatic heterocycles. The number of fused-ring (bicyclic) bond motifs is 5. The summed E-state index contributed by atoms with van der Waals surface area (Å²) in [4.78, 5) is 125. The Hall–Kier alpha value is -5.58. The van der Waals surface area contributed by atoms with Crippen molar-refractivity contribution >= 4 is 75.6 Å².